The minimum Gasteiger partial charge on any atom is -0.390 e. The summed E-state index contributed by atoms with van der Waals surface area (Å²) in [5, 5.41) is 19.1. The predicted molar refractivity (Wildman–Crippen MR) is 78.7 cm³/mol. The van der Waals surface area contributed by atoms with Crippen molar-refractivity contribution >= 4 is 5.78 Å². The Morgan fingerprint density at radius 2 is 1.80 bits per heavy atom. The van der Waals surface area contributed by atoms with Gasteiger partial charge in [-0.2, -0.15) is 0 Å². The Hall–Kier alpha value is -1.19. The first-order chi connectivity index (χ1) is 9.63. The SMILES string of the molecule is CCCCCCc1ccc(C2CC(O)C(O)C2=O)cc1. The van der Waals surface area contributed by atoms with Gasteiger partial charge >= 0.3 is 0 Å². The number of benzene rings is 1. The number of hydrogen-bond donors (Lipinski definition) is 2. The Morgan fingerprint density at radius 3 is 2.35 bits per heavy atom. The molecule has 1 aromatic rings. The van der Waals surface area contributed by atoms with Gasteiger partial charge in [0.2, 0.25) is 0 Å². The molecule has 1 saturated carbocycles. The summed E-state index contributed by atoms with van der Waals surface area (Å²) in [5.41, 5.74) is 2.19. The van der Waals surface area contributed by atoms with Crippen molar-refractivity contribution in [2.24, 2.45) is 0 Å². The van der Waals surface area contributed by atoms with E-state index in [1.165, 1.54) is 31.2 Å². The van der Waals surface area contributed by atoms with E-state index in [4.69, 9.17) is 0 Å². The first-order valence-electron chi connectivity index (χ1n) is 7.62. The Balaban J connectivity index is 1.93. The van der Waals surface area contributed by atoms with Crippen LogP contribution in [0.15, 0.2) is 24.3 Å². The molecule has 110 valence electrons. The highest BCUT2D eigenvalue weighted by Crippen LogP contribution is 2.32. The van der Waals surface area contributed by atoms with Crippen molar-refractivity contribution in [3.05, 3.63) is 35.4 Å². The lowest BCUT2D eigenvalue weighted by atomic mass is 9.94. The molecular weight excluding hydrogens is 252 g/mol. The van der Waals surface area contributed by atoms with Gasteiger partial charge in [-0.25, -0.2) is 0 Å². The van der Waals surface area contributed by atoms with Crippen LogP contribution in [-0.2, 0) is 11.2 Å². The van der Waals surface area contributed by atoms with Gasteiger partial charge in [-0.1, -0.05) is 50.5 Å². The monoisotopic (exact) mass is 276 g/mol. The maximum Gasteiger partial charge on any atom is 0.171 e. The topological polar surface area (TPSA) is 57.5 Å². The Kier molecular flexibility index (Phi) is 5.32. The molecule has 2 rings (SSSR count). The van der Waals surface area contributed by atoms with E-state index >= 15 is 0 Å². The summed E-state index contributed by atoms with van der Waals surface area (Å²) in [7, 11) is 0. The molecule has 0 spiro atoms. The molecule has 3 nitrogen and oxygen atoms in total. The van der Waals surface area contributed by atoms with Crippen LogP contribution in [0.5, 0.6) is 0 Å². The molecule has 20 heavy (non-hydrogen) atoms. The van der Waals surface area contributed by atoms with E-state index in [2.05, 4.69) is 19.1 Å². The molecule has 0 saturated heterocycles. The van der Waals surface area contributed by atoms with Gasteiger partial charge in [0, 0.05) is 5.92 Å². The Labute approximate surface area is 120 Å². The number of Topliss-reactive ketones (excluding diaryl/α,β-unsaturated/α-hetero) is 1. The van der Waals surface area contributed by atoms with Crippen molar-refractivity contribution in [3.8, 4) is 0 Å². The molecule has 0 aliphatic heterocycles. The molecule has 0 bridgehead atoms. The predicted octanol–water partition coefficient (Wildman–Crippen LogP) is 2.59. The Morgan fingerprint density at radius 1 is 1.10 bits per heavy atom. The lowest BCUT2D eigenvalue weighted by Gasteiger charge is -2.09. The maximum absolute atomic E-state index is 11.8. The normalized spacial score (nSPS) is 26.1. The van der Waals surface area contributed by atoms with E-state index in [9.17, 15) is 15.0 Å². The first-order valence-corrected chi connectivity index (χ1v) is 7.62. The highest BCUT2D eigenvalue weighted by molar-refractivity contribution is 5.92. The van der Waals surface area contributed by atoms with Crippen LogP contribution in [-0.4, -0.2) is 28.2 Å². The summed E-state index contributed by atoms with van der Waals surface area (Å²) in [6, 6.07) is 8.04. The highest BCUT2D eigenvalue weighted by Gasteiger charge is 2.40. The molecule has 1 aliphatic carbocycles. The second-order valence-corrected chi connectivity index (χ2v) is 5.76. The van der Waals surface area contributed by atoms with E-state index in [0.717, 1.165) is 12.0 Å². The molecule has 3 unspecified atom stereocenters. The summed E-state index contributed by atoms with van der Waals surface area (Å²) < 4.78 is 0. The zero-order valence-corrected chi connectivity index (χ0v) is 12.1. The summed E-state index contributed by atoms with van der Waals surface area (Å²) in [4.78, 5) is 11.8. The lowest BCUT2D eigenvalue weighted by molar-refractivity contribution is -0.127. The lowest BCUT2D eigenvalue weighted by Crippen LogP contribution is -2.25. The van der Waals surface area contributed by atoms with E-state index in [1.54, 1.807) is 0 Å². The first kappa shape index (κ1) is 15.2. The molecule has 1 aliphatic rings. The van der Waals surface area contributed by atoms with Crippen LogP contribution in [0.1, 0.15) is 56.1 Å². The number of unbranched alkanes of at least 4 members (excludes halogenated alkanes) is 3. The van der Waals surface area contributed by atoms with Crippen molar-refractivity contribution in [1.29, 1.82) is 0 Å². The minimum atomic E-state index is -1.21. The fraction of sp³-hybridized carbons (Fsp3) is 0.588. The van der Waals surface area contributed by atoms with Crippen molar-refractivity contribution in [1.82, 2.24) is 0 Å². The van der Waals surface area contributed by atoms with Crippen molar-refractivity contribution < 1.29 is 15.0 Å². The van der Waals surface area contributed by atoms with Gasteiger partial charge < -0.3 is 10.2 Å². The molecule has 2 N–H and O–H groups in total. The number of aliphatic hydroxyl groups is 2. The van der Waals surface area contributed by atoms with E-state index in [0.29, 0.717) is 6.42 Å². The van der Waals surface area contributed by atoms with Crippen LogP contribution in [0, 0.1) is 0 Å². The van der Waals surface area contributed by atoms with Crippen LogP contribution < -0.4 is 0 Å². The van der Waals surface area contributed by atoms with Crippen molar-refractivity contribution in [2.45, 2.75) is 63.6 Å². The third kappa shape index (κ3) is 3.47. The van der Waals surface area contributed by atoms with Gasteiger partial charge in [0.25, 0.3) is 0 Å². The third-order valence-corrected chi connectivity index (χ3v) is 4.18. The van der Waals surface area contributed by atoms with Gasteiger partial charge in [-0.15, -0.1) is 0 Å². The number of hydrogen-bond acceptors (Lipinski definition) is 3. The van der Waals surface area contributed by atoms with Crippen LogP contribution in [0.4, 0.5) is 0 Å². The van der Waals surface area contributed by atoms with Crippen LogP contribution >= 0.6 is 0 Å². The van der Waals surface area contributed by atoms with Gasteiger partial charge in [0.05, 0.1) is 6.10 Å². The van der Waals surface area contributed by atoms with Crippen molar-refractivity contribution in [3.63, 3.8) is 0 Å². The quantitative estimate of drug-likeness (QED) is 0.785. The number of carbonyl (C=O) groups excluding carboxylic acids is 1. The number of aryl methyl sites for hydroxylation is 1. The van der Waals surface area contributed by atoms with Gasteiger partial charge in [0.1, 0.15) is 6.10 Å². The molecule has 0 radical (unpaired) electrons. The Bertz CT molecular complexity index is 438. The number of ketones is 1. The molecule has 1 fully saturated rings. The summed E-state index contributed by atoms with van der Waals surface area (Å²) >= 11 is 0. The van der Waals surface area contributed by atoms with Crippen LogP contribution in [0.2, 0.25) is 0 Å². The fourth-order valence-corrected chi connectivity index (χ4v) is 2.86. The minimum absolute atomic E-state index is 0.256. The third-order valence-electron chi connectivity index (χ3n) is 4.18. The largest absolute Gasteiger partial charge is 0.390 e. The summed E-state index contributed by atoms with van der Waals surface area (Å²) in [6.07, 6.45) is 4.26. The van der Waals surface area contributed by atoms with Crippen LogP contribution in [0.25, 0.3) is 0 Å². The second kappa shape index (κ2) is 7.00. The van der Waals surface area contributed by atoms with Crippen molar-refractivity contribution in [2.75, 3.05) is 0 Å². The zero-order chi connectivity index (χ0) is 14.5. The van der Waals surface area contributed by atoms with Gasteiger partial charge in [0.15, 0.2) is 5.78 Å². The summed E-state index contributed by atoms with van der Waals surface area (Å²) in [6.45, 7) is 2.20. The number of aliphatic hydroxyl groups excluding tert-OH is 2. The average Bonchev–Trinajstić information content (AvgIpc) is 2.72. The zero-order valence-electron chi connectivity index (χ0n) is 12.1. The smallest absolute Gasteiger partial charge is 0.171 e. The average molecular weight is 276 g/mol. The summed E-state index contributed by atoms with van der Waals surface area (Å²) in [5.74, 6) is -0.609. The molecule has 0 heterocycles. The van der Waals surface area contributed by atoms with E-state index in [-0.39, 0.29) is 11.7 Å². The fourth-order valence-electron chi connectivity index (χ4n) is 2.86. The maximum atomic E-state index is 11.8. The molecule has 3 heteroatoms. The van der Waals surface area contributed by atoms with E-state index in [1.807, 2.05) is 12.1 Å². The second-order valence-electron chi connectivity index (χ2n) is 5.76. The van der Waals surface area contributed by atoms with E-state index < -0.39 is 12.2 Å². The van der Waals surface area contributed by atoms with Crippen LogP contribution in [0.3, 0.4) is 0 Å². The molecule has 3 atom stereocenters. The van der Waals surface area contributed by atoms with Gasteiger partial charge in [-0.05, 0) is 30.4 Å². The standard InChI is InChI=1S/C17H24O3/c1-2-3-4-5-6-12-7-9-13(10-8-12)14-11-15(18)17(20)16(14)19/h7-10,14-15,17-18,20H,2-6,11H2,1H3. The highest BCUT2D eigenvalue weighted by atomic mass is 16.3. The molecular formula is C17H24O3. The van der Waals surface area contributed by atoms with Gasteiger partial charge in [-0.3, -0.25) is 4.79 Å². The molecule has 0 aromatic heterocycles. The molecule has 1 aromatic carbocycles. The number of carbonyl (C=O) groups is 1. The molecule has 0 amide bonds. The number of rotatable bonds is 6.